The predicted octanol–water partition coefficient (Wildman–Crippen LogP) is 0.262. The molecule has 2 amide bonds. The first kappa shape index (κ1) is 14.7. The molecule has 0 rings (SSSR count). The maximum atomic E-state index is 11.7. The van der Waals surface area contributed by atoms with E-state index in [1.165, 1.54) is 4.90 Å². The Morgan fingerprint density at radius 1 is 1.38 bits per heavy atom. The quantitative estimate of drug-likeness (QED) is 0.613. The zero-order chi connectivity index (χ0) is 12.7. The Balaban J connectivity index is 4.43. The van der Waals surface area contributed by atoms with E-state index in [-0.39, 0.29) is 19.1 Å². The molecule has 6 heteroatoms. The van der Waals surface area contributed by atoms with Crippen LogP contribution in [0.3, 0.4) is 0 Å². The number of amides is 2. The molecule has 0 aromatic rings. The lowest BCUT2D eigenvalue weighted by atomic mass is 10.2. The van der Waals surface area contributed by atoms with Crippen LogP contribution in [0.4, 0.5) is 4.79 Å². The zero-order valence-electron chi connectivity index (χ0n) is 9.93. The Bertz CT molecular complexity index is 243. The van der Waals surface area contributed by atoms with E-state index in [1.54, 1.807) is 0 Å². The average Bonchev–Trinajstić information content (AvgIpc) is 2.17. The highest BCUT2D eigenvalue weighted by molar-refractivity contribution is 5.82. The fourth-order valence-electron chi connectivity index (χ4n) is 1.36. The van der Waals surface area contributed by atoms with Crippen molar-refractivity contribution in [3.05, 3.63) is 0 Å². The largest absolute Gasteiger partial charge is 0.480 e. The fourth-order valence-corrected chi connectivity index (χ4v) is 1.36. The zero-order valence-corrected chi connectivity index (χ0v) is 9.93. The normalized spacial score (nSPS) is 12.3. The van der Waals surface area contributed by atoms with Crippen LogP contribution in [0.2, 0.25) is 0 Å². The van der Waals surface area contributed by atoms with Crippen molar-refractivity contribution in [2.75, 3.05) is 13.2 Å². The van der Waals surface area contributed by atoms with Crippen LogP contribution >= 0.6 is 0 Å². The van der Waals surface area contributed by atoms with Crippen LogP contribution in [0.5, 0.6) is 0 Å². The molecule has 0 aliphatic heterocycles. The third-order valence-corrected chi connectivity index (χ3v) is 2.24. The smallest absolute Gasteiger partial charge is 0.326 e. The summed E-state index contributed by atoms with van der Waals surface area (Å²) in [6.45, 7) is 5.76. The summed E-state index contributed by atoms with van der Waals surface area (Å²) in [5.74, 6) is -1.14. The minimum absolute atomic E-state index is 0.00794. The van der Waals surface area contributed by atoms with E-state index in [2.05, 4.69) is 5.32 Å². The Morgan fingerprint density at radius 3 is 2.25 bits per heavy atom. The van der Waals surface area contributed by atoms with Crippen LogP contribution in [0, 0.1) is 0 Å². The van der Waals surface area contributed by atoms with Gasteiger partial charge in [-0.05, 0) is 20.8 Å². The van der Waals surface area contributed by atoms with E-state index in [1.807, 2.05) is 20.8 Å². The summed E-state index contributed by atoms with van der Waals surface area (Å²) in [5, 5.41) is 19.9. The molecule has 1 unspecified atom stereocenters. The molecule has 0 radical (unpaired) electrons. The van der Waals surface area contributed by atoms with Gasteiger partial charge in [0.05, 0.1) is 0 Å². The highest BCUT2D eigenvalue weighted by Gasteiger charge is 2.23. The standard InChI is InChI=1S/C10H20N2O4/c1-4-12(7(2)3)10(16)11-8(5-6-13)9(14)15/h7-8,13H,4-6H2,1-3H3,(H,11,16)(H,14,15). The minimum atomic E-state index is -1.14. The monoisotopic (exact) mass is 232 g/mol. The molecule has 0 spiro atoms. The van der Waals surface area contributed by atoms with Gasteiger partial charge in [0.2, 0.25) is 0 Å². The molecule has 0 fully saturated rings. The van der Waals surface area contributed by atoms with Crippen molar-refractivity contribution in [2.24, 2.45) is 0 Å². The Labute approximate surface area is 95.2 Å². The van der Waals surface area contributed by atoms with Crippen molar-refractivity contribution in [1.82, 2.24) is 10.2 Å². The first-order valence-corrected chi connectivity index (χ1v) is 5.34. The molecule has 0 aliphatic rings. The summed E-state index contributed by atoms with van der Waals surface area (Å²) in [6, 6.07) is -1.45. The highest BCUT2D eigenvalue weighted by Crippen LogP contribution is 2.00. The Kier molecular flexibility index (Phi) is 6.48. The Hall–Kier alpha value is -1.30. The first-order valence-electron chi connectivity index (χ1n) is 5.34. The number of carboxylic acid groups (broad SMARTS) is 1. The maximum absolute atomic E-state index is 11.7. The first-order chi connectivity index (χ1) is 7.43. The van der Waals surface area contributed by atoms with Crippen LogP contribution < -0.4 is 5.32 Å². The number of aliphatic hydroxyl groups is 1. The number of aliphatic hydroxyl groups excluding tert-OH is 1. The molecule has 0 aliphatic carbocycles. The van der Waals surface area contributed by atoms with Crippen LogP contribution in [-0.2, 0) is 4.79 Å². The molecule has 3 N–H and O–H groups in total. The SMILES string of the molecule is CCN(C(=O)NC(CCO)C(=O)O)C(C)C. The van der Waals surface area contributed by atoms with Crippen LogP contribution in [0.15, 0.2) is 0 Å². The van der Waals surface area contributed by atoms with Gasteiger partial charge in [0.15, 0.2) is 0 Å². The van der Waals surface area contributed by atoms with Crippen molar-refractivity contribution in [3.8, 4) is 0 Å². The summed E-state index contributed by atoms with van der Waals surface area (Å²) in [7, 11) is 0. The maximum Gasteiger partial charge on any atom is 0.326 e. The molecule has 0 saturated heterocycles. The predicted molar refractivity (Wildman–Crippen MR) is 59.2 cm³/mol. The average molecular weight is 232 g/mol. The van der Waals surface area contributed by atoms with E-state index in [4.69, 9.17) is 10.2 Å². The number of urea groups is 1. The van der Waals surface area contributed by atoms with E-state index < -0.39 is 18.0 Å². The number of rotatable bonds is 6. The number of carbonyl (C=O) groups is 2. The third kappa shape index (κ3) is 4.48. The highest BCUT2D eigenvalue weighted by atomic mass is 16.4. The summed E-state index contributed by atoms with van der Waals surface area (Å²) in [5.41, 5.74) is 0. The Morgan fingerprint density at radius 2 is 1.94 bits per heavy atom. The number of hydrogen-bond donors (Lipinski definition) is 3. The van der Waals surface area contributed by atoms with Gasteiger partial charge in [-0.2, -0.15) is 0 Å². The van der Waals surface area contributed by atoms with Gasteiger partial charge >= 0.3 is 12.0 Å². The number of hydrogen-bond acceptors (Lipinski definition) is 3. The lowest BCUT2D eigenvalue weighted by molar-refractivity contribution is -0.139. The summed E-state index contributed by atoms with van der Waals surface area (Å²) < 4.78 is 0. The third-order valence-electron chi connectivity index (χ3n) is 2.24. The van der Waals surface area contributed by atoms with Crippen molar-refractivity contribution in [2.45, 2.75) is 39.3 Å². The van der Waals surface area contributed by atoms with E-state index >= 15 is 0 Å². The number of nitrogens with zero attached hydrogens (tertiary/aromatic N) is 1. The summed E-state index contributed by atoms with van der Waals surface area (Å²) >= 11 is 0. The second-order valence-electron chi connectivity index (χ2n) is 3.73. The number of carbonyl (C=O) groups excluding carboxylic acids is 1. The number of nitrogens with one attached hydrogen (secondary N) is 1. The van der Waals surface area contributed by atoms with Gasteiger partial charge in [0.25, 0.3) is 0 Å². The minimum Gasteiger partial charge on any atom is -0.480 e. The van der Waals surface area contributed by atoms with Gasteiger partial charge < -0.3 is 20.4 Å². The molecule has 94 valence electrons. The van der Waals surface area contributed by atoms with Crippen LogP contribution in [0.25, 0.3) is 0 Å². The van der Waals surface area contributed by atoms with Crippen LogP contribution in [-0.4, -0.2) is 52.3 Å². The number of aliphatic carboxylic acids is 1. The van der Waals surface area contributed by atoms with Gasteiger partial charge in [0, 0.05) is 25.6 Å². The molecule has 0 bridgehead atoms. The van der Waals surface area contributed by atoms with E-state index in [9.17, 15) is 9.59 Å². The topological polar surface area (TPSA) is 89.9 Å². The van der Waals surface area contributed by atoms with Crippen molar-refractivity contribution in [1.29, 1.82) is 0 Å². The second-order valence-corrected chi connectivity index (χ2v) is 3.73. The fraction of sp³-hybridized carbons (Fsp3) is 0.800. The second kappa shape index (κ2) is 7.05. The van der Waals surface area contributed by atoms with Gasteiger partial charge in [0.1, 0.15) is 6.04 Å². The molecule has 0 aromatic heterocycles. The lowest BCUT2D eigenvalue weighted by Gasteiger charge is -2.27. The van der Waals surface area contributed by atoms with Crippen molar-refractivity contribution in [3.63, 3.8) is 0 Å². The van der Waals surface area contributed by atoms with Crippen molar-refractivity contribution < 1.29 is 19.8 Å². The molecule has 0 aromatic carbocycles. The summed E-state index contributed by atoms with van der Waals surface area (Å²) in [4.78, 5) is 24.0. The summed E-state index contributed by atoms with van der Waals surface area (Å²) in [6.07, 6.45) is 0.0106. The number of carboxylic acids is 1. The van der Waals surface area contributed by atoms with E-state index in [0.717, 1.165) is 0 Å². The van der Waals surface area contributed by atoms with Gasteiger partial charge in [-0.1, -0.05) is 0 Å². The van der Waals surface area contributed by atoms with Gasteiger partial charge in [-0.25, -0.2) is 9.59 Å². The molecule has 6 nitrogen and oxygen atoms in total. The molecule has 16 heavy (non-hydrogen) atoms. The van der Waals surface area contributed by atoms with Gasteiger partial charge in [-0.3, -0.25) is 0 Å². The molecule has 1 atom stereocenters. The lowest BCUT2D eigenvalue weighted by Crippen LogP contribution is -2.50. The van der Waals surface area contributed by atoms with E-state index in [0.29, 0.717) is 6.54 Å². The molecular formula is C10H20N2O4. The van der Waals surface area contributed by atoms with Crippen molar-refractivity contribution >= 4 is 12.0 Å². The molecule has 0 saturated carbocycles. The molecular weight excluding hydrogens is 212 g/mol. The van der Waals surface area contributed by atoms with Gasteiger partial charge in [-0.15, -0.1) is 0 Å². The molecule has 0 heterocycles. The van der Waals surface area contributed by atoms with Crippen LogP contribution in [0.1, 0.15) is 27.2 Å².